The summed E-state index contributed by atoms with van der Waals surface area (Å²) in [7, 11) is 0. The van der Waals surface area contributed by atoms with Crippen LogP contribution in [-0.2, 0) is 4.79 Å². The van der Waals surface area contributed by atoms with Crippen LogP contribution in [0.1, 0.15) is 65.2 Å². The second kappa shape index (κ2) is 8.68. The van der Waals surface area contributed by atoms with Crippen LogP contribution in [0, 0.1) is 11.8 Å². The van der Waals surface area contributed by atoms with E-state index in [1.54, 1.807) is 0 Å². The molecule has 0 amide bonds. The summed E-state index contributed by atoms with van der Waals surface area (Å²) in [6, 6.07) is 0. The van der Waals surface area contributed by atoms with Crippen molar-refractivity contribution in [1.29, 1.82) is 0 Å². The van der Waals surface area contributed by atoms with E-state index in [2.05, 4.69) is 19.2 Å². The SMILES string of the molecule is CCCCCC(CCCC)C1CNCCC1=O. The summed E-state index contributed by atoms with van der Waals surface area (Å²) >= 11 is 0. The normalized spacial score (nSPS) is 22.7. The summed E-state index contributed by atoms with van der Waals surface area (Å²) in [5.74, 6) is 1.47. The van der Waals surface area contributed by atoms with Gasteiger partial charge in [-0.2, -0.15) is 0 Å². The highest BCUT2D eigenvalue weighted by atomic mass is 16.1. The monoisotopic (exact) mass is 239 g/mol. The van der Waals surface area contributed by atoms with E-state index in [-0.39, 0.29) is 0 Å². The quantitative estimate of drug-likeness (QED) is 0.656. The van der Waals surface area contributed by atoms with Gasteiger partial charge in [-0.3, -0.25) is 4.79 Å². The van der Waals surface area contributed by atoms with Crippen LogP contribution in [0.2, 0.25) is 0 Å². The highest BCUT2D eigenvalue weighted by Crippen LogP contribution is 2.27. The molecule has 0 aromatic heterocycles. The van der Waals surface area contributed by atoms with Gasteiger partial charge in [-0.25, -0.2) is 0 Å². The fraction of sp³-hybridized carbons (Fsp3) is 0.933. The van der Waals surface area contributed by atoms with Crippen LogP contribution < -0.4 is 5.32 Å². The van der Waals surface area contributed by atoms with Crippen LogP contribution in [0.5, 0.6) is 0 Å². The summed E-state index contributed by atoms with van der Waals surface area (Å²) in [4.78, 5) is 12.0. The summed E-state index contributed by atoms with van der Waals surface area (Å²) in [5, 5.41) is 3.39. The van der Waals surface area contributed by atoms with Crippen LogP contribution >= 0.6 is 0 Å². The fourth-order valence-corrected chi connectivity index (χ4v) is 2.87. The minimum Gasteiger partial charge on any atom is -0.316 e. The maximum Gasteiger partial charge on any atom is 0.138 e. The molecular formula is C15H29NO. The molecule has 2 heteroatoms. The standard InChI is InChI=1S/C15H29NO/c1-3-5-7-9-13(8-6-4-2)14-12-16-11-10-15(14)17/h13-14,16H,3-12H2,1-2H3. The summed E-state index contributed by atoms with van der Waals surface area (Å²) in [6.45, 7) is 6.31. The third-order valence-electron chi connectivity index (χ3n) is 4.00. The third-order valence-corrected chi connectivity index (χ3v) is 4.00. The maximum absolute atomic E-state index is 12.0. The molecule has 1 saturated heterocycles. The zero-order chi connectivity index (χ0) is 12.5. The van der Waals surface area contributed by atoms with Gasteiger partial charge in [-0.05, 0) is 18.8 Å². The topological polar surface area (TPSA) is 29.1 Å². The van der Waals surface area contributed by atoms with Crippen molar-refractivity contribution in [3.05, 3.63) is 0 Å². The van der Waals surface area contributed by atoms with Crippen LogP contribution in [0.25, 0.3) is 0 Å². The van der Waals surface area contributed by atoms with Crippen molar-refractivity contribution in [3.63, 3.8) is 0 Å². The molecule has 2 nitrogen and oxygen atoms in total. The minimum absolute atomic E-state index is 0.312. The lowest BCUT2D eigenvalue weighted by atomic mass is 9.79. The molecule has 0 radical (unpaired) electrons. The number of hydrogen-bond acceptors (Lipinski definition) is 2. The van der Waals surface area contributed by atoms with Crippen LogP contribution in [-0.4, -0.2) is 18.9 Å². The van der Waals surface area contributed by atoms with Crippen molar-refractivity contribution in [2.45, 2.75) is 65.2 Å². The second-order valence-corrected chi connectivity index (χ2v) is 5.43. The predicted octanol–water partition coefficient (Wildman–Crippen LogP) is 3.55. The number of carbonyl (C=O) groups excluding carboxylic acids is 1. The van der Waals surface area contributed by atoms with E-state index in [1.165, 1.54) is 44.9 Å². The average Bonchev–Trinajstić information content (AvgIpc) is 2.35. The number of nitrogens with one attached hydrogen (secondary N) is 1. The number of hydrogen-bond donors (Lipinski definition) is 1. The Hall–Kier alpha value is -0.370. The van der Waals surface area contributed by atoms with Gasteiger partial charge >= 0.3 is 0 Å². The Morgan fingerprint density at radius 3 is 2.53 bits per heavy atom. The highest BCUT2D eigenvalue weighted by Gasteiger charge is 2.29. The molecule has 17 heavy (non-hydrogen) atoms. The molecule has 0 aromatic carbocycles. The van der Waals surface area contributed by atoms with Gasteiger partial charge in [0.1, 0.15) is 5.78 Å². The molecule has 1 aliphatic heterocycles. The first-order valence-corrected chi connectivity index (χ1v) is 7.53. The van der Waals surface area contributed by atoms with E-state index >= 15 is 0 Å². The molecule has 1 rings (SSSR count). The number of unbranched alkanes of at least 4 members (excludes halogenated alkanes) is 3. The summed E-state index contributed by atoms with van der Waals surface area (Å²) < 4.78 is 0. The van der Waals surface area contributed by atoms with Crippen molar-refractivity contribution in [2.24, 2.45) is 11.8 Å². The second-order valence-electron chi connectivity index (χ2n) is 5.43. The highest BCUT2D eigenvalue weighted by molar-refractivity contribution is 5.82. The molecule has 2 unspecified atom stereocenters. The minimum atomic E-state index is 0.312. The molecule has 2 atom stereocenters. The Kier molecular flexibility index (Phi) is 7.50. The van der Waals surface area contributed by atoms with Gasteiger partial charge in [0.15, 0.2) is 0 Å². The third kappa shape index (κ3) is 5.20. The summed E-state index contributed by atoms with van der Waals surface area (Å²) in [6.07, 6.45) is 9.67. The van der Waals surface area contributed by atoms with Crippen molar-refractivity contribution in [3.8, 4) is 0 Å². The molecule has 0 spiro atoms. The van der Waals surface area contributed by atoms with Gasteiger partial charge in [0.2, 0.25) is 0 Å². The Morgan fingerprint density at radius 2 is 1.88 bits per heavy atom. The molecule has 100 valence electrons. The molecule has 0 bridgehead atoms. The Morgan fingerprint density at radius 1 is 1.18 bits per heavy atom. The van der Waals surface area contributed by atoms with E-state index in [4.69, 9.17) is 0 Å². The van der Waals surface area contributed by atoms with Crippen LogP contribution in [0.4, 0.5) is 0 Å². The van der Waals surface area contributed by atoms with Crippen LogP contribution in [0.3, 0.4) is 0 Å². The van der Waals surface area contributed by atoms with Crippen molar-refractivity contribution < 1.29 is 4.79 Å². The zero-order valence-corrected chi connectivity index (χ0v) is 11.6. The van der Waals surface area contributed by atoms with E-state index in [1.807, 2.05) is 0 Å². The number of Topliss-reactive ketones (excluding diaryl/α,β-unsaturated/α-hetero) is 1. The fourth-order valence-electron chi connectivity index (χ4n) is 2.87. The Bertz CT molecular complexity index is 215. The number of piperidine rings is 1. The zero-order valence-electron chi connectivity index (χ0n) is 11.6. The van der Waals surface area contributed by atoms with Crippen molar-refractivity contribution in [1.82, 2.24) is 5.32 Å². The van der Waals surface area contributed by atoms with Crippen molar-refractivity contribution in [2.75, 3.05) is 13.1 Å². The Labute approximate surface area is 107 Å². The van der Waals surface area contributed by atoms with Crippen LogP contribution in [0.15, 0.2) is 0 Å². The molecule has 1 fully saturated rings. The first-order valence-electron chi connectivity index (χ1n) is 7.53. The molecule has 1 heterocycles. The van der Waals surface area contributed by atoms with E-state index in [0.29, 0.717) is 17.6 Å². The molecular weight excluding hydrogens is 210 g/mol. The van der Waals surface area contributed by atoms with E-state index in [9.17, 15) is 4.79 Å². The number of rotatable bonds is 8. The predicted molar refractivity (Wildman–Crippen MR) is 73.1 cm³/mol. The first kappa shape index (κ1) is 14.7. The number of ketones is 1. The van der Waals surface area contributed by atoms with Gasteiger partial charge < -0.3 is 5.32 Å². The smallest absolute Gasteiger partial charge is 0.138 e. The van der Waals surface area contributed by atoms with Crippen molar-refractivity contribution >= 4 is 5.78 Å². The largest absolute Gasteiger partial charge is 0.316 e. The van der Waals surface area contributed by atoms with Gasteiger partial charge in [-0.15, -0.1) is 0 Å². The molecule has 1 N–H and O–H groups in total. The average molecular weight is 239 g/mol. The lowest BCUT2D eigenvalue weighted by Gasteiger charge is -2.29. The molecule has 0 aliphatic carbocycles. The van der Waals surface area contributed by atoms with E-state index in [0.717, 1.165) is 19.5 Å². The van der Waals surface area contributed by atoms with Gasteiger partial charge in [0, 0.05) is 25.4 Å². The lowest BCUT2D eigenvalue weighted by Crippen LogP contribution is -2.40. The lowest BCUT2D eigenvalue weighted by molar-refractivity contribution is -0.125. The molecule has 0 aromatic rings. The number of carbonyl (C=O) groups is 1. The first-order chi connectivity index (χ1) is 8.29. The Balaban J connectivity index is 2.44. The maximum atomic E-state index is 12.0. The van der Waals surface area contributed by atoms with E-state index < -0.39 is 0 Å². The van der Waals surface area contributed by atoms with Gasteiger partial charge in [-0.1, -0.05) is 46.0 Å². The van der Waals surface area contributed by atoms with Gasteiger partial charge in [0.05, 0.1) is 0 Å². The molecule has 1 aliphatic rings. The molecule has 0 saturated carbocycles. The van der Waals surface area contributed by atoms with Gasteiger partial charge in [0.25, 0.3) is 0 Å². The summed E-state index contributed by atoms with van der Waals surface area (Å²) in [5.41, 5.74) is 0.